The lowest BCUT2D eigenvalue weighted by Gasteiger charge is -2.17. The first-order valence-electron chi connectivity index (χ1n) is 8.66. The summed E-state index contributed by atoms with van der Waals surface area (Å²) in [5.41, 5.74) is 3.64. The average Bonchev–Trinajstić information content (AvgIpc) is 2.69. The molecule has 3 aromatic rings. The molecule has 0 fully saturated rings. The van der Waals surface area contributed by atoms with Gasteiger partial charge in [-0.15, -0.1) is 0 Å². The highest BCUT2D eigenvalue weighted by atomic mass is 16.2. The first kappa shape index (κ1) is 18.3. The normalized spacial score (nSPS) is 10.3. The summed E-state index contributed by atoms with van der Waals surface area (Å²) in [6.07, 6.45) is 1.62. The first-order valence-corrected chi connectivity index (χ1v) is 8.66. The number of pyridine rings is 1. The zero-order valence-electron chi connectivity index (χ0n) is 15.3. The number of carbonyl (C=O) groups is 2. The van der Waals surface area contributed by atoms with Crippen molar-refractivity contribution in [3.8, 4) is 0 Å². The number of ketones is 1. The van der Waals surface area contributed by atoms with Crippen molar-refractivity contribution in [1.29, 1.82) is 0 Å². The summed E-state index contributed by atoms with van der Waals surface area (Å²) in [6.45, 7) is 2.06. The summed E-state index contributed by atoms with van der Waals surface area (Å²) >= 11 is 0. The van der Waals surface area contributed by atoms with E-state index in [2.05, 4.69) is 10.3 Å². The summed E-state index contributed by atoms with van der Waals surface area (Å²) in [5.74, 6) is -0.122. The quantitative estimate of drug-likeness (QED) is 0.667. The Balaban J connectivity index is 1.67. The van der Waals surface area contributed by atoms with E-state index in [9.17, 15) is 9.59 Å². The minimum absolute atomic E-state index is 0.0131. The number of hydrogen-bond donors (Lipinski definition) is 1. The molecule has 0 radical (unpaired) electrons. The lowest BCUT2D eigenvalue weighted by Crippen LogP contribution is -2.26. The highest BCUT2D eigenvalue weighted by Gasteiger charge is 2.13. The van der Waals surface area contributed by atoms with Crippen LogP contribution in [0.1, 0.15) is 33.3 Å². The second kappa shape index (κ2) is 8.27. The van der Waals surface area contributed by atoms with Crippen LogP contribution < -0.4 is 5.32 Å². The molecular weight excluding hydrogens is 338 g/mol. The molecule has 0 aliphatic carbocycles. The maximum atomic E-state index is 12.5. The van der Waals surface area contributed by atoms with Gasteiger partial charge < -0.3 is 10.2 Å². The van der Waals surface area contributed by atoms with Crippen LogP contribution >= 0.6 is 0 Å². The molecule has 0 unspecified atom stereocenters. The lowest BCUT2D eigenvalue weighted by atomic mass is 10.1. The molecule has 0 aliphatic heterocycles. The van der Waals surface area contributed by atoms with Crippen LogP contribution in [0.25, 0.3) is 0 Å². The Morgan fingerprint density at radius 3 is 2.41 bits per heavy atom. The monoisotopic (exact) mass is 359 g/mol. The topological polar surface area (TPSA) is 62.3 Å². The van der Waals surface area contributed by atoms with Crippen molar-refractivity contribution in [2.24, 2.45) is 0 Å². The molecule has 1 heterocycles. The molecule has 0 saturated carbocycles. The van der Waals surface area contributed by atoms with Gasteiger partial charge in [0.15, 0.2) is 5.78 Å². The van der Waals surface area contributed by atoms with Gasteiger partial charge in [0.1, 0.15) is 5.69 Å². The van der Waals surface area contributed by atoms with E-state index in [1.165, 1.54) is 6.92 Å². The number of hydrogen-bond acceptors (Lipinski definition) is 4. The molecule has 2 aromatic carbocycles. The van der Waals surface area contributed by atoms with Gasteiger partial charge in [0.2, 0.25) is 0 Å². The van der Waals surface area contributed by atoms with Crippen LogP contribution in [0, 0.1) is 0 Å². The Kier molecular flexibility index (Phi) is 5.61. The van der Waals surface area contributed by atoms with Crippen LogP contribution in [-0.2, 0) is 6.54 Å². The summed E-state index contributed by atoms with van der Waals surface area (Å²) < 4.78 is 0. The molecule has 5 heteroatoms. The third-order valence-corrected chi connectivity index (χ3v) is 4.15. The number of carbonyl (C=O) groups excluding carboxylic acids is 2. The number of aromatic nitrogens is 1. The largest absolute Gasteiger partial charge is 0.354 e. The second-order valence-electron chi connectivity index (χ2n) is 6.34. The van der Waals surface area contributed by atoms with E-state index in [1.807, 2.05) is 42.5 Å². The molecule has 0 saturated heterocycles. The van der Waals surface area contributed by atoms with Gasteiger partial charge in [0.25, 0.3) is 5.91 Å². The van der Waals surface area contributed by atoms with E-state index in [0.717, 1.165) is 16.9 Å². The van der Waals surface area contributed by atoms with Crippen LogP contribution in [0.5, 0.6) is 0 Å². The van der Waals surface area contributed by atoms with Crippen molar-refractivity contribution in [3.63, 3.8) is 0 Å². The minimum atomic E-state index is -0.135. The van der Waals surface area contributed by atoms with Gasteiger partial charge in [-0.05, 0) is 36.8 Å². The minimum Gasteiger partial charge on any atom is -0.354 e. The molecule has 0 atom stereocenters. The van der Waals surface area contributed by atoms with Crippen molar-refractivity contribution in [3.05, 3.63) is 89.7 Å². The lowest BCUT2D eigenvalue weighted by molar-refractivity contribution is 0.0779. The number of nitrogens with zero attached hydrogens (tertiary/aromatic N) is 2. The SMILES string of the molecule is CC(=O)c1cccc(Nc2ccc(C(=O)N(C)Cc3ccccc3)nc2)c1. The van der Waals surface area contributed by atoms with E-state index in [-0.39, 0.29) is 11.7 Å². The molecule has 27 heavy (non-hydrogen) atoms. The fourth-order valence-corrected chi connectivity index (χ4v) is 2.70. The van der Waals surface area contributed by atoms with Crippen LogP contribution in [0.3, 0.4) is 0 Å². The molecule has 3 rings (SSSR count). The molecule has 136 valence electrons. The third-order valence-electron chi connectivity index (χ3n) is 4.15. The van der Waals surface area contributed by atoms with Crippen LogP contribution in [0.15, 0.2) is 72.9 Å². The summed E-state index contributed by atoms with van der Waals surface area (Å²) in [6, 6.07) is 20.6. The van der Waals surface area contributed by atoms with Crippen LogP contribution in [0.4, 0.5) is 11.4 Å². The van der Waals surface area contributed by atoms with Gasteiger partial charge in [-0.2, -0.15) is 0 Å². The van der Waals surface area contributed by atoms with Crippen molar-refractivity contribution in [1.82, 2.24) is 9.88 Å². The number of Topliss-reactive ketones (excluding diaryl/α,β-unsaturated/α-hetero) is 1. The molecule has 1 aromatic heterocycles. The van der Waals surface area contributed by atoms with Crippen LogP contribution in [0.2, 0.25) is 0 Å². The summed E-state index contributed by atoms with van der Waals surface area (Å²) in [4.78, 5) is 29.9. The summed E-state index contributed by atoms with van der Waals surface area (Å²) in [7, 11) is 1.76. The van der Waals surface area contributed by atoms with Gasteiger partial charge in [-0.3, -0.25) is 9.59 Å². The zero-order valence-corrected chi connectivity index (χ0v) is 15.3. The van der Waals surface area contributed by atoms with Crippen molar-refractivity contribution < 1.29 is 9.59 Å². The molecule has 1 N–H and O–H groups in total. The van der Waals surface area contributed by atoms with Crippen LogP contribution in [-0.4, -0.2) is 28.6 Å². The number of benzene rings is 2. The van der Waals surface area contributed by atoms with Gasteiger partial charge >= 0.3 is 0 Å². The van der Waals surface area contributed by atoms with Gasteiger partial charge in [-0.25, -0.2) is 4.98 Å². The Hall–Kier alpha value is -3.47. The fraction of sp³-hybridized carbons (Fsp3) is 0.136. The van der Waals surface area contributed by atoms with E-state index in [0.29, 0.717) is 17.8 Å². The molecule has 0 bridgehead atoms. The Bertz CT molecular complexity index is 937. The summed E-state index contributed by atoms with van der Waals surface area (Å²) in [5, 5.41) is 3.19. The smallest absolute Gasteiger partial charge is 0.272 e. The molecule has 0 spiro atoms. The predicted molar refractivity (Wildman–Crippen MR) is 106 cm³/mol. The Morgan fingerprint density at radius 2 is 1.74 bits per heavy atom. The van der Waals surface area contributed by atoms with E-state index >= 15 is 0 Å². The maximum Gasteiger partial charge on any atom is 0.272 e. The Labute approximate surface area is 158 Å². The number of anilines is 2. The highest BCUT2D eigenvalue weighted by Crippen LogP contribution is 2.18. The number of amides is 1. The Morgan fingerprint density at radius 1 is 0.963 bits per heavy atom. The van der Waals surface area contributed by atoms with Crippen molar-refractivity contribution >= 4 is 23.1 Å². The van der Waals surface area contributed by atoms with E-state index in [1.54, 1.807) is 42.4 Å². The van der Waals surface area contributed by atoms with Crippen molar-refractivity contribution in [2.45, 2.75) is 13.5 Å². The second-order valence-corrected chi connectivity index (χ2v) is 6.34. The number of nitrogens with one attached hydrogen (secondary N) is 1. The third kappa shape index (κ3) is 4.79. The van der Waals surface area contributed by atoms with Gasteiger partial charge in [0.05, 0.1) is 11.9 Å². The zero-order chi connectivity index (χ0) is 19.2. The molecule has 0 aliphatic rings. The number of rotatable bonds is 6. The molecular formula is C22H21N3O2. The fourth-order valence-electron chi connectivity index (χ4n) is 2.70. The molecule has 5 nitrogen and oxygen atoms in total. The van der Waals surface area contributed by atoms with Gasteiger partial charge in [0, 0.05) is 24.8 Å². The van der Waals surface area contributed by atoms with E-state index in [4.69, 9.17) is 0 Å². The standard InChI is InChI=1S/C22H21N3O2/c1-16(26)18-9-6-10-19(13-18)24-20-11-12-21(23-14-20)22(27)25(2)15-17-7-4-3-5-8-17/h3-14,24H,15H2,1-2H3. The van der Waals surface area contributed by atoms with Gasteiger partial charge in [-0.1, -0.05) is 42.5 Å². The van der Waals surface area contributed by atoms with E-state index < -0.39 is 0 Å². The van der Waals surface area contributed by atoms with Crippen molar-refractivity contribution in [2.75, 3.05) is 12.4 Å². The predicted octanol–water partition coefficient (Wildman–Crippen LogP) is 4.30. The first-order chi connectivity index (χ1) is 13.0. The molecule has 1 amide bonds. The maximum absolute atomic E-state index is 12.5. The average molecular weight is 359 g/mol. The highest BCUT2D eigenvalue weighted by molar-refractivity contribution is 5.95.